The number of hydrogen-bond donors (Lipinski definition) is 0. The SMILES string of the molecule is COc1ccc(N2CCN(c3ccnc(C(=O)N4CCCCCC4)c3)CC2)cc1. The van der Waals surface area contributed by atoms with Gasteiger partial charge in [-0.2, -0.15) is 0 Å². The highest BCUT2D eigenvalue weighted by Gasteiger charge is 2.21. The number of likely N-dealkylation sites (tertiary alicyclic amines) is 1. The molecule has 2 aromatic rings. The second-order valence-electron chi connectivity index (χ2n) is 7.78. The number of piperazine rings is 1. The maximum atomic E-state index is 12.9. The number of pyridine rings is 1. The average molecular weight is 395 g/mol. The van der Waals surface area contributed by atoms with Gasteiger partial charge in [-0.3, -0.25) is 9.78 Å². The highest BCUT2D eigenvalue weighted by Crippen LogP contribution is 2.23. The first-order chi connectivity index (χ1) is 14.2. The number of benzene rings is 1. The predicted octanol–water partition coefficient (Wildman–Crippen LogP) is 3.43. The Bertz CT molecular complexity index is 808. The minimum absolute atomic E-state index is 0.0746. The van der Waals surface area contributed by atoms with Crippen molar-refractivity contribution in [3.8, 4) is 5.75 Å². The van der Waals surface area contributed by atoms with E-state index in [9.17, 15) is 4.79 Å². The van der Waals surface area contributed by atoms with E-state index in [0.29, 0.717) is 5.69 Å². The van der Waals surface area contributed by atoms with Crippen LogP contribution < -0.4 is 14.5 Å². The molecule has 4 rings (SSSR count). The summed E-state index contributed by atoms with van der Waals surface area (Å²) in [6.45, 7) is 5.45. The molecule has 0 spiro atoms. The molecule has 0 atom stereocenters. The van der Waals surface area contributed by atoms with Gasteiger partial charge in [-0.15, -0.1) is 0 Å². The normalized spacial score (nSPS) is 17.8. The monoisotopic (exact) mass is 394 g/mol. The zero-order valence-corrected chi connectivity index (χ0v) is 17.2. The van der Waals surface area contributed by atoms with Gasteiger partial charge in [-0.05, 0) is 49.2 Å². The topological polar surface area (TPSA) is 48.9 Å². The van der Waals surface area contributed by atoms with Crippen LogP contribution in [0, 0.1) is 0 Å². The molecule has 2 aliphatic heterocycles. The van der Waals surface area contributed by atoms with Gasteiger partial charge in [0.05, 0.1) is 7.11 Å². The van der Waals surface area contributed by atoms with Gasteiger partial charge in [0.2, 0.25) is 0 Å². The molecule has 1 amide bonds. The van der Waals surface area contributed by atoms with E-state index in [0.717, 1.165) is 63.5 Å². The number of ether oxygens (including phenoxy) is 1. The summed E-state index contributed by atoms with van der Waals surface area (Å²) in [6.07, 6.45) is 6.40. The Balaban J connectivity index is 1.39. The quantitative estimate of drug-likeness (QED) is 0.795. The Hall–Kier alpha value is -2.76. The lowest BCUT2D eigenvalue weighted by atomic mass is 10.2. The number of methoxy groups -OCH3 is 1. The first-order valence-corrected chi connectivity index (χ1v) is 10.6. The molecule has 2 fully saturated rings. The fraction of sp³-hybridized carbons (Fsp3) is 0.478. The van der Waals surface area contributed by atoms with E-state index >= 15 is 0 Å². The number of rotatable bonds is 4. The van der Waals surface area contributed by atoms with E-state index in [2.05, 4.69) is 26.9 Å². The van der Waals surface area contributed by atoms with Gasteiger partial charge in [-0.1, -0.05) is 12.8 Å². The first-order valence-electron chi connectivity index (χ1n) is 10.6. The molecule has 1 aromatic heterocycles. The van der Waals surface area contributed by atoms with E-state index in [1.165, 1.54) is 18.5 Å². The highest BCUT2D eigenvalue weighted by atomic mass is 16.5. The molecular weight excluding hydrogens is 364 g/mol. The van der Waals surface area contributed by atoms with Crippen LogP contribution in [0.1, 0.15) is 36.2 Å². The molecule has 3 heterocycles. The number of aromatic nitrogens is 1. The largest absolute Gasteiger partial charge is 0.497 e. The Morgan fingerprint density at radius 2 is 1.45 bits per heavy atom. The molecule has 29 heavy (non-hydrogen) atoms. The van der Waals surface area contributed by atoms with Gasteiger partial charge in [0.15, 0.2) is 0 Å². The molecule has 0 aliphatic carbocycles. The van der Waals surface area contributed by atoms with Gasteiger partial charge >= 0.3 is 0 Å². The van der Waals surface area contributed by atoms with E-state index < -0.39 is 0 Å². The molecule has 2 aliphatic rings. The molecule has 0 N–H and O–H groups in total. The Morgan fingerprint density at radius 3 is 2.07 bits per heavy atom. The number of hydrogen-bond acceptors (Lipinski definition) is 5. The molecule has 0 unspecified atom stereocenters. The summed E-state index contributed by atoms with van der Waals surface area (Å²) >= 11 is 0. The molecule has 0 radical (unpaired) electrons. The highest BCUT2D eigenvalue weighted by molar-refractivity contribution is 5.93. The minimum Gasteiger partial charge on any atom is -0.497 e. The van der Waals surface area contributed by atoms with Crippen LogP contribution in [0.4, 0.5) is 11.4 Å². The third-order valence-corrected chi connectivity index (χ3v) is 5.94. The minimum atomic E-state index is 0.0746. The summed E-state index contributed by atoms with van der Waals surface area (Å²) in [4.78, 5) is 24.0. The number of nitrogens with zero attached hydrogens (tertiary/aromatic N) is 4. The lowest BCUT2D eigenvalue weighted by molar-refractivity contribution is 0.0756. The number of anilines is 2. The Labute approximate surface area is 173 Å². The molecule has 0 saturated carbocycles. The molecule has 0 bridgehead atoms. The fourth-order valence-electron chi connectivity index (χ4n) is 4.18. The maximum Gasteiger partial charge on any atom is 0.272 e. The van der Waals surface area contributed by atoms with Gasteiger partial charge in [0, 0.05) is 56.8 Å². The van der Waals surface area contributed by atoms with Crippen molar-refractivity contribution in [2.24, 2.45) is 0 Å². The van der Waals surface area contributed by atoms with Crippen LogP contribution in [0.25, 0.3) is 0 Å². The Morgan fingerprint density at radius 1 is 0.828 bits per heavy atom. The van der Waals surface area contributed by atoms with Crippen molar-refractivity contribution in [1.29, 1.82) is 0 Å². The number of amides is 1. The zero-order chi connectivity index (χ0) is 20.1. The van der Waals surface area contributed by atoms with Crippen molar-refractivity contribution < 1.29 is 9.53 Å². The standard InChI is InChI=1S/C23H30N4O2/c1-29-21-8-6-19(7-9-21)25-14-16-26(17-15-25)20-10-11-24-22(18-20)23(28)27-12-4-2-3-5-13-27/h6-11,18H,2-5,12-17H2,1H3. The number of carbonyl (C=O) groups is 1. The summed E-state index contributed by atoms with van der Waals surface area (Å²) in [5, 5.41) is 0. The zero-order valence-electron chi connectivity index (χ0n) is 17.2. The maximum absolute atomic E-state index is 12.9. The van der Waals surface area contributed by atoms with Gasteiger partial charge < -0.3 is 19.4 Å². The van der Waals surface area contributed by atoms with Crippen LogP contribution in [0.5, 0.6) is 5.75 Å². The van der Waals surface area contributed by atoms with Gasteiger partial charge in [-0.25, -0.2) is 0 Å². The van der Waals surface area contributed by atoms with Crippen molar-refractivity contribution in [2.75, 3.05) is 56.2 Å². The second-order valence-corrected chi connectivity index (χ2v) is 7.78. The van der Waals surface area contributed by atoms with Gasteiger partial charge in [0.1, 0.15) is 11.4 Å². The van der Waals surface area contributed by atoms with E-state index in [4.69, 9.17) is 4.74 Å². The van der Waals surface area contributed by atoms with E-state index in [1.807, 2.05) is 29.2 Å². The van der Waals surface area contributed by atoms with E-state index in [-0.39, 0.29) is 5.91 Å². The predicted molar refractivity (Wildman–Crippen MR) is 116 cm³/mol. The first kappa shape index (κ1) is 19.6. The van der Waals surface area contributed by atoms with Crippen LogP contribution in [0.3, 0.4) is 0 Å². The molecule has 154 valence electrons. The summed E-state index contributed by atoms with van der Waals surface area (Å²) in [7, 11) is 1.69. The second kappa shape index (κ2) is 9.16. The molecule has 6 nitrogen and oxygen atoms in total. The van der Waals surface area contributed by atoms with Crippen LogP contribution in [0.15, 0.2) is 42.6 Å². The lowest BCUT2D eigenvalue weighted by Crippen LogP contribution is -2.46. The van der Waals surface area contributed by atoms with E-state index in [1.54, 1.807) is 13.3 Å². The van der Waals surface area contributed by atoms with Crippen molar-refractivity contribution in [3.63, 3.8) is 0 Å². The van der Waals surface area contributed by atoms with Crippen molar-refractivity contribution >= 4 is 17.3 Å². The average Bonchev–Trinajstić information content (AvgIpc) is 3.08. The van der Waals surface area contributed by atoms with Gasteiger partial charge in [0.25, 0.3) is 5.91 Å². The molecule has 1 aromatic carbocycles. The smallest absolute Gasteiger partial charge is 0.272 e. The number of carbonyl (C=O) groups excluding carboxylic acids is 1. The third-order valence-electron chi connectivity index (χ3n) is 5.94. The lowest BCUT2D eigenvalue weighted by Gasteiger charge is -2.37. The van der Waals surface area contributed by atoms with Crippen LogP contribution in [-0.2, 0) is 0 Å². The summed E-state index contributed by atoms with van der Waals surface area (Å²) < 4.78 is 5.25. The fourth-order valence-corrected chi connectivity index (χ4v) is 4.18. The summed E-state index contributed by atoms with van der Waals surface area (Å²) in [5.74, 6) is 0.955. The molecule has 2 saturated heterocycles. The summed E-state index contributed by atoms with van der Waals surface area (Å²) in [5.41, 5.74) is 2.88. The van der Waals surface area contributed by atoms with Crippen LogP contribution in [0.2, 0.25) is 0 Å². The van der Waals surface area contributed by atoms with Crippen molar-refractivity contribution in [1.82, 2.24) is 9.88 Å². The molecular formula is C23H30N4O2. The van der Waals surface area contributed by atoms with Crippen LogP contribution >= 0.6 is 0 Å². The Kier molecular flexibility index (Phi) is 6.17. The van der Waals surface area contributed by atoms with Crippen molar-refractivity contribution in [3.05, 3.63) is 48.3 Å². The summed E-state index contributed by atoms with van der Waals surface area (Å²) in [6, 6.07) is 12.2. The molecule has 6 heteroatoms. The van der Waals surface area contributed by atoms with Crippen LogP contribution in [-0.4, -0.2) is 62.2 Å². The third kappa shape index (κ3) is 4.63. The van der Waals surface area contributed by atoms with Crippen molar-refractivity contribution in [2.45, 2.75) is 25.7 Å².